The molecule has 0 bridgehead atoms. The third-order valence-corrected chi connectivity index (χ3v) is 4.29. The Labute approximate surface area is 133 Å². The first-order valence-corrected chi connectivity index (χ1v) is 7.98. The fraction of sp³-hybridized carbons (Fsp3) is 0.176. The van der Waals surface area contributed by atoms with E-state index in [1.165, 1.54) is 0 Å². The Bertz CT molecular complexity index is 747. The molecule has 0 fully saturated rings. The van der Waals surface area contributed by atoms with Crippen molar-refractivity contribution in [1.82, 2.24) is 10.3 Å². The van der Waals surface area contributed by atoms with Crippen molar-refractivity contribution < 1.29 is 4.79 Å². The van der Waals surface area contributed by atoms with Crippen LogP contribution in [0.3, 0.4) is 0 Å². The normalized spacial score (nSPS) is 10.6. The Kier molecular flexibility index (Phi) is 4.34. The smallest absolute Gasteiger partial charge is 0.251 e. The minimum Gasteiger partial charge on any atom is -0.360 e. The molecular weight excluding hydrogens is 294 g/mol. The van der Waals surface area contributed by atoms with Crippen LogP contribution in [0.15, 0.2) is 48.5 Å². The van der Waals surface area contributed by atoms with Crippen LogP contribution >= 0.6 is 11.3 Å². The largest absolute Gasteiger partial charge is 0.360 e. The van der Waals surface area contributed by atoms with Crippen molar-refractivity contribution in [3.05, 3.63) is 59.7 Å². The monoisotopic (exact) mass is 311 g/mol. The molecule has 4 nitrogen and oxygen atoms in total. The molecule has 1 amide bonds. The number of anilines is 1. The number of benzene rings is 2. The van der Waals surface area contributed by atoms with Crippen LogP contribution in [-0.4, -0.2) is 24.0 Å². The first-order chi connectivity index (χ1) is 10.7. The molecule has 1 aromatic heterocycles. The van der Waals surface area contributed by atoms with Gasteiger partial charge < -0.3 is 10.6 Å². The fourth-order valence-electron chi connectivity index (χ4n) is 2.10. The van der Waals surface area contributed by atoms with Crippen molar-refractivity contribution in [3.63, 3.8) is 0 Å². The molecule has 0 atom stereocenters. The molecule has 0 unspecified atom stereocenters. The average Bonchev–Trinajstić information content (AvgIpc) is 2.95. The first kappa shape index (κ1) is 14.5. The number of amides is 1. The predicted molar refractivity (Wildman–Crippen MR) is 91.6 cm³/mol. The van der Waals surface area contributed by atoms with E-state index in [1.807, 2.05) is 49.4 Å². The second-order valence-electron chi connectivity index (χ2n) is 5.04. The van der Waals surface area contributed by atoms with Crippen molar-refractivity contribution in [2.45, 2.75) is 6.92 Å². The number of para-hydroxylation sites is 1. The van der Waals surface area contributed by atoms with Crippen LogP contribution in [0.25, 0.3) is 10.2 Å². The minimum atomic E-state index is -0.0499. The van der Waals surface area contributed by atoms with Gasteiger partial charge in [0.05, 0.1) is 10.2 Å². The van der Waals surface area contributed by atoms with Crippen molar-refractivity contribution in [2.75, 3.05) is 18.4 Å². The third-order valence-electron chi connectivity index (χ3n) is 3.29. The Morgan fingerprint density at radius 1 is 1.09 bits per heavy atom. The molecule has 2 N–H and O–H groups in total. The van der Waals surface area contributed by atoms with Crippen LogP contribution < -0.4 is 10.6 Å². The van der Waals surface area contributed by atoms with E-state index in [2.05, 4.69) is 21.7 Å². The van der Waals surface area contributed by atoms with E-state index in [0.29, 0.717) is 18.7 Å². The second kappa shape index (κ2) is 6.58. The lowest BCUT2D eigenvalue weighted by Gasteiger charge is -2.06. The zero-order valence-corrected chi connectivity index (χ0v) is 13.1. The SMILES string of the molecule is Cc1ccc(C(=O)NCCNc2nc3ccccc3s2)cc1. The summed E-state index contributed by atoms with van der Waals surface area (Å²) in [6.07, 6.45) is 0. The highest BCUT2D eigenvalue weighted by Gasteiger charge is 2.05. The number of carbonyl (C=O) groups excluding carboxylic acids is 1. The predicted octanol–water partition coefficient (Wildman–Crippen LogP) is 3.45. The van der Waals surface area contributed by atoms with Crippen LogP contribution in [0, 0.1) is 6.92 Å². The molecule has 0 saturated heterocycles. The van der Waals surface area contributed by atoms with Gasteiger partial charge >= 0.3 is 0 Å². The van der Waals surface area contributed by atoms with E-state index >= 15 is 0 Å². The van der Waals surface area contributed by atoms with E-state index < -0.39 is 0 Å². The number of aryl methyl sites for hydroxylation is 1. The van der Waals surface area contributed by atoms with E-state index in [4.69, 9.17) is 0 Å². The fourth-order valence-corrected chi connectivity index (χ4v) is 2.99. The van der Waals surface area contributed by atoms with Gasteiger partial charge in [-0.2, -0.15) is 0 Å². The van der Waals surface area contributed by atoms with Gasteiger partial charge in [-0.3, -0.25) is 4.79 Å². The molecular formula is C17H17N3OS. The van der Waals surface area contributed by atoms with Gasteiger partial charge in [0.2, 0.25) is 0 Å². The summed E-state index contributed by atoms with van der Waals surface area (Å²) >= 11 is 1.62. The van der Waals surface area contributed by atoms with E-state index in [9.17, 15) is 4.79 Å². The first-order valence-electron chi connectivity index (χ1n) is 7.17. The Hall–Kier alpha value is -2.40. The highest BCUT2D eigenvalue weighted by atomic mass is 32.1. The summed E-state index contributed by atoms with van der Waals surface area (Å²) in [5.74, 6) is -0.0499. The number of nitrogens with one attached hydrogen (secondary N) is 2. The molecule has 3 rings (SSSR count). The number of fused-ring (bicyclic) bond motifs is 1. The highest BCUT2D eigenvalue weighted by Crippen LogP contribution is 2.24. The molecule has 1 heterocycles. The summed E-state index contributed by atoms with van der Waals surface area (Å²) in [6, 6.07) is 15.6. The molecule has 0 aliphatic rings. The molecule has 0 radical (unpaired) electrons. The van der Waals surface area contributed by atoms with Crippen LogP contribution in [-0.2, 0) is 0 Å². The number of hydrogen-bond acceptors (Lipinski definition) is 4. The summed E-state index contributed by atoms with van der Waals surface area (Å²) in [5, 5.41) is 7.02. The minimum absolute atomic E-state index is 0.0499. The number of hydrogen-bond donors (Lipinski definition) is 2. The molecule has 5 heteroatoms. The van der Waals surface area contributed by atoms with Crippen LogP contribution in [0.5, 0.6) is 0 Å². The van der Waals surface area contributed by atoms with Gasteiger partial charge in [-0.1, -0.05) is 41.2 Å². The van der Waals surface area contributed by atoms with Gasteiger partial charge in [-0.15, -0.1) is 0 Å². The van der Waals surface area contributed by atoms with Crippen LogP contribution in [0.4, 0.5) is 5.13 Å². The summed E-state index contributed by atoms with van der Waals surface area (Å²) in [7, 11) is 0. The molecule has 2 aromatic carbocycles. The second-order valence-corrected chi connectivity index (χ2v) is 6.07. The number of carbonyl (C=O) groups is 1. The number of thiazole rings is 1. The lowest BCUT2D eigenvalue weighted by Crippen LogP contribution is -2.28. The molecule has 0 aliphatic heterocycles. The zero-order chi connectivity index (χ0) is 15.4. The van der Waals surface area contributed by atoms with Gasteiger partial charge in [-0.05, 0) is 31.2 Å². The quantitative estimate of drug-likeness (QED) is 0.710. The topological polar surface area (TPSA) is 54.0 Å². The zero-order valence-electron chi connectivity index (χ0n) is 12.3. The molecule has 0 saturated carbocycles. The summed E-state index contributed by atoms with van der Waals surface area (Å²) < 4.78 is 1.16. The molecule has 0 aliphatic carbocycles. The van der Waals surface area contributed by atoms with Crippen molar-refractivity contribution >= 4 is 32.6 Å². The van der Waals surface area contributed by atoms with Gasteiger partial charge in [0, 0.05) is 18.7 Å². The Balaban J connectivity index is 1.49. The van der Waals surface area contributed by atoms with Gasteiger partial charge in [0.25, 0.3) is 5.91 Å². The molecule has 112 valence electrons. The van der Waals surface area contributed by atoms with Gasteiger partial charge in [0.1, 0.15) is 0 Å². The molecule has 3 aromatic rings. The Morgan fingerprint density at radius 2 is 1.86 bits per heavy atom. The maximum atomic E-state index is 12.0. The van der Waals surface area contributed by atoms with Crippen LogP contribution in [0.2, 0.25) is 0 Å². The summed E-state index contributed by atoms with van der Waals surface area (Å²) in [6.45, 7) is 3.21. The summed E-state index contributed by atoms with van der Waals surface area (Å²) in [5.41, 5.74) is 2.83. The van der Waals surface area contributed by atoms with Crippen LogP contribution in [0.1, 0.15) is 15.9 Å². The van der Waals surface area contributed by atoms with Crippen molar-refractivity contribution in [3.8, 4) is 0 Å². The van der Waals surface area contributed by atoms with Gasteiger partial charge in [-0.25, -0.2) is 4.98 Å². The maximum absolute atomic E-state index is 12.0. The van der Waals surface area contributed by atoms with E-state index in [-0.39, 0.29) is 5.91 Å². The lowest BCUT2D eigenvalue weighted by atomic mass is 10.1. The maximum Gasteiger partial charge on any atom is 0.251 e. The average molecular weight is 311 g/mol. The number of aromatic nitrogens is 1. The summed E-state index contributed by atoms with van der Waals surface area (Å²) in [4.78, 5) is 16.4. The Morgan fingerprint density at radius 3 is 2.64 bits per heavy atom. The number of rotatable bonds is 5. The molecule has 22 heavy (non-hydrogen) atoms. The van der Waals surface area contributed by atoms with Gasteiger partial charge in [0.15, 0.2) is 5.13 Å². The third kappa shape index (κ3) is 3.43. The van der Waals surface area contributed by atoms with Crippen molar-refractivity contribution in [1.29, 1.82) is 0 Å². The lowest BCUT2D eigenvalue weighted by molar-refractivity contribution is 0.0955. The standard InChI is InChI=1S/C17H17N3OS/c1-12-6-8-13(9-7-12)16(21)18-10-11-19-17-20-14-4-2-3-5-15(14)22-17/h2-9H,10-11H2,1H3,(H,18,21)(H,19,20). The van der Waals surface area contributed by atoms with E-state index in [1.54, 1.807) is 11.3 Å². The van der Waals surface area contributed by atoms with E-state index in [0.717, 1.165) is 20.9 Å². The highest BCUT2D eigenvalue weighted by molar-refractivity contribution is 7.22. The molecule has 0 spiro atoms. The number of nitrogens with zero attached hydrogens (tertiary/aromatic N) is 1. The van der Waals surface area contributed by atoms with Crippen molar-refractivity contribution in [2.24, 2.45) is 0 Å².